The Balaban J connectivity index is 3.25. The van der Waals surface area contributed by atoms with Crippen molar-refractivity contribution in [2.45, 2.75) is 30.5 Å². The van der Waals surface area contributed by atoms with Crippen LogP contribution in [0, 0.1) is 10.1 Å². The molecule has 0 aliphatic heterocycles. The third-order valence-corrected chi connectivity index (χ3v) is 4.18. The fraction of sp³-hybridized carbons (Fsp3) is 0.455. The third-order valence-electron chi connectivity index (χ3n) is 2.66. The molecule has 0 saturated heterocycles. The summed E-state index contributed by atoms with van der Waals surface area (Å²) in [5.74, 6) is 0. The zero-order chi connectivity index (χ0) is 17.1. The maximum atomic E-state index is 12.9. The van der Waals surface area contributed by atoms with Gasteiger partial charge in [-0.3, -0.25) is 10.1 Å². The average molecular weight is 341 g/mol. The second-order valence-corrected chi connectivity index (χ2v) is 6.33. The van der Waals surface area contributed by atoms with Gasteiger partial charge in [0.25, 0.3) is 5.69 Å². The fourth-order valence-corrected chi connectivity index (χ4v) is 2.84. The molecule has 22 heavy (non-hydrogen) atoms. The van der Waals surface area contributed by atoms with Gasteiger partial charge in [0.05, 0.1) is 15.4 Å². The van der Waals surface area contributed by atoms with E-state index in [1.54, 1.807) is 6.92 Å². The molecule has 124 valence electrons. The Morgan fingerprint density at radius 3 is 2.45 bits per heavy atom. The smallest absolute Gasteiger partial charge is 0.328 e. The maximum Gasteiger partial charge on any atom is 0.417 e. The van der Waals surface area contributed by atoms with Crippen LogP contribution in [0.2, 0.25) is 0 Å². The first-order valence-corrected chi connectivity index (χ1v) is 7.54. The molecule has 3 N–H and O–H groups in total. The number of hydrogen-bond acceptors (Lipinski definition) is 5. The Labute approximate surface area is 124 Å². The van der Waals surface area contributed by atoms with E-state index in [4.69, 9.17) is 5.73 Å². The molecule has 1 aromatic rings. The molecule has 0 aliphatic rings. The number of rotatable bonds is 6. The SMILES string of the molecule is CC(N)CCNS(=O)(=O)c1ccc([N+](=O)[O-])cc1C(F)(F)F. The summed E-state index contributed by atoms with van der Waals surface area (Å²) in [6.07, 6.45) is -4.81. The minimum absolute atomic E-state index is 0.145. The van der Waals surface area contributed by atoms with E-state index in [1.165, 1.54) is 0 Å². The first-order valence-electron chi connectivity index (χ1n) is 6.06. The standard InChI is InChI=1S/C11H14F3N3O4S/c1-7(15)4-5-16-22(20,21)10-3-2-8(17(18)19)6-9(10)11(12,13)14/h2-3,6-7,16H,4-5,15H2,1H3. The number of non-ortho nitro benzene ring substituents is 1. The van der Waals surface area contributed by atoms with E-state index in [1.807, 2.05) is 4.72 Å². The van der Waals surface area contributed by atoms with Crippen molar-refractivity contribution in [3.63, 3.8) is 0 Å². The predicted molar refractivity (Wildman–Crippen MR) is 71.6 cm³/mol. The Hall–Kier alpha value is -1.72. The minimum Gasteiger partial charge on any atom is -0.328 e. The number of nitrogens with one attached hydrogen (secondary N) is 1. The highest BCUT2D eigenvalue weighted by Crippen LogP contribution is 2.36. The van der Waals surface area contributed by atoms with Gasteiger partial charge in [0.15, 0.2) is 0 Å². The first-order chi connectivity index (χ1) is 9.95. The Morgan fingerprint density at radius 2 is 2.00 bits per heavy atom. The number of nitrogens with two attached hydrogens (primary N) is 1. The monoisotopic (exact) mass is 341 g/mol. The molecule has 0 radical (unpaired) electrons. The quantitative estimate of drug-likeness (QED) is 0.603. The van der Waals surface area contributed by atoms with Crippen molar-refractivity contribution in [1.29, 1.82) is 0 Å². The third kappa shape index (κ3) is 4.64. The zero-order valence-electron chi connectivity index (χ0n) is 11.4. The summed E-state index contributed by atoms with van der Waals surface area (Å²) in [6, 6.07) is 1.13. The molecule has 1 atom stereocenters. The molecule has 1 aromatic carbocycles. The summed E-state index contributed by atoms with van der Waals surface area (Å²) in [7, 11) is -4.46. The van der Waals surface area contributed by atoms with Gasteiger partial charge in [0.2, 0.25) is 10.0 Å². The van der Waals surface area contributed by atoms with Gasteiger partial charge in [0.1, 0.15) is 0 Å². The van der Waals surface area contributed by atoms with Crippen molar-refractivity contribution in [1.82, 2.24) is 4.72 Å². The van der Waals surface area contributed by atoms with E-state index in [-0.39, 0.29) is 25.1 Å². The lowest BCUT2D eigenvalue weighted by molar-refractivity contribution is -0.385. The van der Waals surface area contributed by atoms with E-state index in [9.17, 15) is 31.7 Å². The lowest BCUT2D eigenvalue weighted by Crippen LogP contribution is -2.30. The molecule has 0 saturated carbocycles. The van der Waals surface area contributed by atoms with Gasteiger partial charge in [0, 0.05) is 24.7 Å². The molecular formula is C11H14F3N3O4S. The van der Waals surface area contributed by atoms with Crippen LogP contribution in [-0.2, 0) is 16.2 Å². The number of nitro benzene ring substituents is 1. The van der Waals surface area contributed by atoms with E-state index in [0.717, 1.165) is 0 Å². The molecule has 1 rings (SSSR count). The van der Waals surface area contributed by atoms with Crippen LogP contribution in [0.1, 0.15) is 18.9 Å². The van der Waals surface area contributed by atoms with Crippen LogP contribution in [0.3, 0.4) is 0 Å². The zero-order valence-corrected chi connectivity index (χ0v) is 12.2. The minimum atomic E-state index is -5.04. The summed E-state index contributed by atoms with van der Waals surface area (Å²) >= 11 is 0. The van der Waals surface area contributed by atoms with Crippen molar-refractivity contribution in [3.05, 3.63) is 33.9 Å². The number of sulfonamides is 1. The Morgan fingerprint density at radius 1 is 1.41 bits per heavy atom. The summed E-state index contributed by atoms with van der Waals surface area (Å²) < 4.78 is 64.7. The first kappa shape index (κ1) is 18.3. The van der Waals surface area contributed by atoms with Crippen molar-refractivity contribution in [2.75, 3.05) is 6.54 Å². The second-order valence-electron chi connectivity index (χ2n) is 4.60. The molecule has 1 unspecified atom stereocenters. The molecule has 0 amide bonds. The lowest BCUT2D eigenvalue weighted by atomic mass is 10.2. The molecule has 0 bridgehead atoms. The van der Waals surface area contributed by atoms with Gasteiger partial charge in [-0.1, -0.05) is 0 Å². The molecule has 0 spiro atoms. The van der Waals surface area contributed by atoms with Gasteiger partial charge in [-0.05, 0) is 19.4 Å². The summed E-state index contributed by atoms with van der Waals surface area (Å²) in [5, 5.41) is 10.5. The summed E-state index contributed by atoms with van der Waals surface area (Å²) in [6.45, 7) is 1.47. The number of halogens is 3. The van der Waals surface area contributed by atoms with Crippen molar-refractivity contribution in [3.8, 4) is 0 Å². The summed E-state index contributed by atoms with van der Waals surface area (Å²) in [4.78, 5) is 8.45. The Kier molecular flexibility index (Phi) is 5.49. The van der Waals surface area contributed by atoms with Gasteiger partial charge in [-0.2, -0.15) is 13.2 Å². The number of hydrogen-bond donors (Lipinski definition) is 2. The normalized spacial score (nSPS) is 13.9. The van der Waals surface area contributed by atoms with Crippen LogP contribution >= 0.6 is 0 Å². The van der Waals surface area contributed by atoms with E-state index in [2.05, 4.69) is 0 Å². The maximum absolute atomic E-state index is 12.9. The number of benzene rings is 1. The fourth-order valence-electron chi connectivity index (χ4n) is 1.59. The molecule has 0 fully saturated rings. The van der Waals surface area contributed by atoms with Gasteiger partial charge < -0.3 is 5.73 Å². The predicted octanol–water partition coefficient (Wildman–Crippen LogP) is 1.63. The summed E-state index contributed by atoms with van der Waals surface area (Å²) in [5.41, 5.74) is 2.99. The van der Waals surface area contributed by atoms with E-state index in [0.29, 0.717) is 12.1 Å². The van der Waals surface area contributed by atoms with Crippen LogP contribution in [-0.4, -0.2) is 25.9 Å². The molecule has 0 heterocycles. The Bertz CT molecular complexity index is 659. The molecular weight excluding hydrogens is 327 g/mol. The highest BCUT2D eigenvalue weighted by Gasteiger charge is 2.38. The van der Waals surface area contributed by atoms with Gasteiger partial charge in [-0.25, -0.2) is 13.1 Å². The topological polar surface area (TPSA) is 115 Å². The number of nitro groups is 1. The number of alkyl halides is 3. The van der Waals surface area contributed by atoms with E-state index >= 15 is 0 Å². The van der Waals surface area contributed by atoms with Gasteiger partial charge >= 0.3 is 6.18 Å². The van der Waals surface area contributed by atoms with Crippen LogP contribution in [0.5, 0.6) is 0 Å². The van der Waals surface area contributed by atoms with Crippen molar-refractivity contribution in [2.24, 2.45) is 5.73 Å². The molecule has 0 aromatic heterocycles. The molecule has 0 aliphatic carbocycles. The van der Waals surface area contributed by atoms with Gasteiger partial charge in [-0.15, -0.1) is 0 Å². The highest BCUT2D eigenvalue weighted by atomic mass is 32.2. The highest BCUT2D eigenvalue weighted by molar-refractivity contribution is 7.89. The second kappa shape index (κ2) is 6.58. The molecule has 11 heteroatoms. The van der Waals surface area contributed by atoms with Crippen LogP contribution < -0.4 is 10.5 Å². The van der Waals surface area contributed by atoms with Crippen LogP contribution in [0.15, 0.2) is 23.1 Å². The van der Waals surface area contributed by atoms with Crippen LogP contribution in [0.4, 0.5) is 18.9 Å². The van der Waals surface area contributed by atoms with Crippen LogP contribution in [0.25, 0.3) is 0 Å². The average Bonchev–Trinajstić information content (AvgIpc) is 2.36. The van der Waals surface area contributed by atoms with E-state index < -0.39 is 37.3 Å². The lowest BCUT2D eigenvalue weighted by Gasteiger charge is -2.14. The largest absolute Gasteiger partial charge is 0.417 e. The van der Waals surface area contributed by atoms with Crippen molar-refractivity contribution < 1.29 is 26.5 Å². The molecule has 7 nitrogen and oxygen atoms in total. The number of nitrogens with zero attached hydrogens (tertiary/aromatic N) is 1. The van der Waals surface area contributed by atoms with Crippen molar-refractivity contribution >= 4 is 15.7 Å².